The average molecular weight is 692 g/mol. The van der Waals surface area contributed by atoms with Crippen LogP contribution in [0, 0.1) is 0 Å². The van der Waals surface area contributed by atoms with Gasteiger partial charge in [-0.15, -0.1) is 0 Å². The standard InChI is InChI=1S/C48H29N5O/c1-3-11-30(12-4-1)31-19-21-32(22-20-31)46-50-47(33-23-24-37-36-15-7-9-17-41(36)53(42(37)27-33)34-13-5-2-6-14-34)52-48(51-46)39-28-44-45(40-29-49-26-25-35(39)40)38-16-8-10-18-43(38)54-44/h1-29H. The van der Waals surface area contributed by atoms with Gasteiger partial charge in [-0.2, -0.15) is 0 Å². The van der Waals surface area contributed by atoms with E-state index in [0.29, 0.717) is 17.5 Å². The molecule has 11 aromatic rings. The van der Waals surface area contributed by atoms with Crippen molar-refractivity contribution < 1.29 is 4.42 Å². The lowest BCUT2D eigenvalue weighted by Crippen LogP contribution is -2.01. The highest BCUT2D eigenvalue weighted by atomic mass is 16.3. The van der Waals surface area contributed by atoms with Crippen LogP contribution in [-0.4, -0.2) is 24.5 Å². The van der Waals surface area contributed by atoms with Crippen LogP contribution in [0.15, 0.2) is 181 Å². The third kappa shape index (κ3) is 4.81. The van der Waals surface area contributed by atoms with Crippen molar-refractivity contribution in [2.24, 2.45) is 0 Å². The molecule has 0 saturated heterocycles. The van der Waals surface area contributed by atoms with Gasteiger partial charge in [0.05, 0.1) is 11.0 Å². The maximum absolute atomic E-state index is 6.44. The molecule has 0 N–H and O–H groups in total. The van der Waals surface area contributed by atoms with Gasteiger partial charge < -0.3 is 8.98 Å². The van der Waals surface area contributed by atoms with Crippen LogP contribution in [0.4, 0.5) is 0 Å². The molecule has 4 heterocycles. The SMILES string of the molecule is c1ccc(-c2ccc(-c3nc(-c4ccc5c6ccccc6n(-c6ccccc6)c5c4)nc(-c4cc5oc6ccccc6c5c5cnccc45)n3)cc2)cc1. The molecule has 6 nitrogen and oxygen atoms in total. The molecule has 0 fully saturated rings. The lowest BCUT2D eigenvalue weighted by Gasteiger charge is -2.12. The summed E-state index contributed by atoms with van der Waals surface area (Å²) in [5.41, 5.74) is 9.83. The number of benzene rings is 7. The quantitative estimate of drug-likeness (QED) is 0.180. The first-order valence-electron chi connectivity index (χ1n) is 18.0. The second-order valence-corrected chi connectivity index (χ2v) is 13.5. The van der Waals surface area contributed by atoms with Crippen molar-refractivity contribution >= 4 is 54.5 Å². The molecule has 0 aliphatic rings. The average Bonchev–Trinajstić information content (AvgIpc) is 3.79. The summed E-state index contributed by atoms with van der Waals surface area (Å²) in [7, 11) is 0. The van der Waals surface area contributed by atoms with Crippen LogP contribution in [0.1, 0.15) is 0 Å². The summed E-state index contributed by atoms with van der Waals surface area (Å²) in [5.74, 6) is 1.73. The van der Waals surface area contributed by atoms with Crippen molar-refractivity contribution in [2.75, 3.05) is 0 Å². The molecule has 252 valence electrons. The number of para-hydroxylation sites is 3. The molecule has 0 amide bonds. The van der Waals surface area contributed by atoms with Crippen LogP contribution < -0.4 is 0 Å². The minimum atomic E-state index is 0.560. The fraction of sp³-hybridized carbons (Fsp3) is 0. The fourth-order valence-electron chi connectivity index (χ4n) is 7.83. The first-order valence-corrected chi connectivity index (χ1v) is 18.0. The molecule has 6 heteroatoms. The largest absolute Gasteiger partial charge is 0.456 e. The zero-order chi connectivity index (χ0) is 35.6. The van der Waals surface area contributed by atoms with E-state index >= 15 is 0 Å². The highest BCUT2D eigenvalue weighted by Gasteiger charge is 2.20. The molecule has 0 radical (unpaired) electrons. The summed E-state index contributed by atoms with van der Waals surface area (Å²) in [4.78, 5) is 20.1. The number of rotatable bonds is 5. The van der Waals surface area contributed by atoms with E-state index in [2.05, 4.69) is 137 Å². The number of fused-ring (bicyclic) bond motifs is 8. The van der Waals surface area contributed by atoms with E-state index in [4.69, 9.17) is 19.4 Å². The van der Waals surface area contributed by atoms with E-state index in [9.17, 15) is 0 Å². The highest BCUT2D eigenvalue weighted by Crippen LogP contribution is 2.40. The lowest BCUT2D eigenvalue weighted by molar-refractivity contribution is 0.669. The van der Waals surface area contributed by atoms with Gasteiger partial charge in [0.25, 0.3) is 0 Å². The van der Waals surface area contributed by atoms with Gasteiger partial charge >= 0.3 is 0 Å². The van der Waals surface area contributed by atoms with Crippen molar-refractivity contribution in [3.63, 3.8) is 0 Å². The number of pyridine rings is 1. The molecule has 0 spiro atoms. The molecular formula is C48H29N5O. The van der Waals surface area contributed by atoms with E-state index in [-0.39, 0.29) is 0 Å². The Balaban J connectivity index is 1.16. The predicted octanol–water partition coefficient (Wildman–Crippen LogP) is 12.1. The van der Waals surface area contributed by atoms with Gasteiger partial charge in [-0.1, -0.05) is 121 Å². The number of furan rings is 1. The number of hydrogen-bond acceptors (Lipinski definition) is 5. The van der Waals surface area contributed by atoms with Crippen molar-refractivity contribution in [1.82, 2.24) is 24.5 Å². The first-order chi connectivity index (χ1) is 26.8. The van der Waals surface area contributed by atoms with Gasteiger partial charge in [0, 0.05) is 61.7 Å². The van der Waals surface area contributed by atoms with E-state index in [1.807, 2.05) is 48.8 Å². The number of aromatic nitrogens is 5. The highest BCUT2D eigenvalue weighted by molar-refractivity contribution is 6.21. The second kappa shape index (κ2) is 12.1. The topological polar surface area (TPSA) is 69.6 Å². The Morgan fingerprint density at radius 2 is 1.04 bits per heavy atom. The molecule has 11 rings (SSSR count). The molecular weight excluding hydrogens is 663 g/mol. The molecule has 0 atom stereocenters. The summed E-state index contributed by atoms with van der Waals surface area (Å²) >= 11 is 0. The van der Waals surface area contributed by atoms with Gasteiger partial charge in [0.2, 0.25) is 0 Å². The van der Waals surface area contributed by atoms with Crippen LogP contribution in [-0.2, 0) is 0 Å². The molecule has 0 unspecified atom stereocenters. The van der Waals surface area contributed by atoms with Crippen LogP contribution in [0.5, 0.6) is 0 Å². The summed E-state index contributed by atoms with van der Waals surface area (Å²) in [6.07, 6.45) is 3.73. The van der Waals surface area contributed by atoms with Gasteiger partial charge in [0.1, 0.15) is 11.2 Å². The van der Waals surface area contributed by atoms with Crippen molar-refractivity contribution in [3.8, 4) is 51.0 Å². The molecule has 54 heavy (non-hydrogen) atoms. The maximum atomic E-state index is 6.44. The Morgan fingerprint density at radius 1 is 0.407 bits per heavy atom. The zero-order valence-corrected chi connectivity index (χ0v) is 28.9. The molecule has 0 bridgehead atoms. The third-order valence-electron chi connectivity index (χ3n) is 10.4. The van der Waals surface area contributed by atoms with Crippen molar-refractivity contribution in [1.29, 1.82) is 0 Å². The van der Waals surface area contributed by atoms with E-state index < -0.39 is 0 Å². The van der Waals surface area contributed by atoms with Crippen molar-refractivity contribution in [3.05, 3.63) is 176 Å². The minimum absolute atomic E-state index is 0.560. The Bertz CT molecular complexity index is 3200. The zero-order valence-electron chi connectivity index (χ0n) is 28.9. The van der Waals surface area contributed by atoms with E-state index in [1.165, 1.54) is 5.39 Å². The monoisotopic (exact) mass is 691 g/mol. The van der Waals surface area contributed by atoms with Gasteiger partial charge in [-0.05, 0) is 59.0 Å². The Hall–Kier alpha value is -7.44. The molecule has 0 aliphatic heterocycles. The maximum Gasteiger partial charge on any atom is 0.164 e. The molecule has 7 aromatic carbocycles. The summed E-state index contributed by atoms with van der Waals surface area (Å²) in [6, 6.07) is 56.6. The van der Waals surface area contributed by atoms with Crippen LogP contribution in [0.3, 0.4) is 0 Å². The van der Waals surface area contributed by atoms with Crippen LogP contribution >= 0.6 is 0 Å². The third-order valence-corrected chi connectivity index (χ3v) is 10.4. The van der Waals surface area contributed by atoms with Gasteiger partial charge in [-0.25, -0.2) is 15.0 Å². The smallest absolute Gasteiger partial charge is 0.164 e. The summed E-state index contributed by atoms with van der Waals surface area (Å²) in [5, 5.41) is 6.42. The fourth-order valence-corrected chi connectivity index (χ4v) is 7.83. The molecule has 0 saturated carbocycles. The van der Waals surface area contributed by atoms with Crippen molar-refractivity contribution in [2.45, 2.75) is 0 Å². The Labute approximate surface area is 309 Å². The lowest BCUT2D eigenvalue weighted by atomic mass is 10.00. The predicted molar refractivity (Wildman–Crippen MR) is 218 cm³/mol. The van der Waals surface area contributed by atoms with E-state index in [1.54, 1.807) is 0 Å². The normalized spacial score (nSPS) is 11.7. The van der Waals surface area contributed by atoms with Crippen LogP contribution in [0.25, 0.3) is 105 Å². The Kier molecular flexibility index (Phi) is 6.75. The van der Waals surface area contributed by atoms with E-state index in [0.717, 1.165) is 82.6 Å². The van der Waals surface area contributed by atoms with Crippen LogP contribution in [0.2, 0.25) is 0 Å². The molecule has 4 aromatic heterocycles. The summed E-state index contributed by atoms with van der Waals surface area (Å²) in [6.45, 7) is 0. The number of hydrogen-bond donors (Lipinski definition) is 0. The minimum Gasteiger partial charge on any atom is -0.456 e. The van der Waals surface area contributed by atoms with Gasteiger partial charge in [0.15, 0.2) is 17.5 Å². The molecule has 0 aliphatic carbocycles. The van der Waals surface area contributed by atoms with Gasteiger partial charge in [-0.3, -0.25) is 4.98 Å². The first kappa shape index (κ1) is 30.2. The summed E-state index contributed by atoms with van der Waals surface area (Å²) < 4.78 is 8.75. The second-order valence-electron chi connectivity index (χ2n) is 13.5. The Morgan fingerprint density at radius 3 is 1.87 bits per heavy atom. The number of nitrogens with zero attached hydrogens (tertiary/aromatic N) is 5.